The van der Waals surface area contributed by atoms with Crippen LogP contribution in [0.25, 0.3) is 0 Å². The van der Waals surface area contributed by atoms with Crippen molar-refractivity contribution >= 4 is 0 Å². The Hall–Kier alpha value is -0.510. The highest BCUT2D eigenvalue weighted by molar-refractivity contribution is 4.65. The Bertz CT molecular complexity index is 232. The Morgan fingerprint density at radius 1 is 0.762 bits per heavy atom. The van der Waals surface area contributed by atoms with Crippen LogP contribution in [-0.4, -0.2) is 19.4 Å². The van der Waals surface area contributed by atoms with Gasteiger partial charge in [0.2, 0.25) is 0 Å². The van der Waals surface area contributed by atoms with Gasteiger partial charge in [0.05, 0.1) is 6.61 Å². The SMILES string of the molecule is C=CCCCCCCCCCCCCCOC(F)(F)CF. The Morgan fingerprint density at radius 3 is 1.62 bits per heavy atom. The number of ether oxygens (including phenoxy) is 1. The monoisotopic (exact) mass is 308 g/mol. The van der Waals surface area contributed by atoms with E-state index in [0.29, 0.717) is 6.42 Å². The number of rotatable bonds is 16. The fourth-order valence-corrected chi connectivity index (χ4v) is 2.24. The van der Waals surface area contributed by atoms with Gasteiger partial charge in [-0.1, -0.05) is 63.9 Å². The maximum absolute atomic E-state index is 12.4. The number of allylic oxidation sites excluding steroid dienone is 1. The van der Waals surface area contributed by atoms with E-state index >= 15 is 0 Å². The topological polar surface area (TPSA) is 9.23 Å². The molecule has 4 heteroatoms. The minimum Gasteiger partial charge on any atom is -0.318 e. The molecule has 0 unspecified atom stereocenters. The average Bonchev–Trinajstić information content (AvgIpc) is 2.47. The molecule has 0 aromatic rings. The summed E-state index contributed by atoms with van der Waals surface area (Å²) < 4.78 is 40.7. The van der Waals surface area contributed by atoms with E-state index in [2.05, 4.69) is 11.3 Å². The van der Waals surface area contributed by atoms with Crippen LogP contribution in [0.2, 0.25) is 0 Å². The van der Waals surface area contributed by atoms with Crippen LogP contribution < -0.4 is 0 Å². The van der Waals surface area contributed by atoms with Crippen molar-refractivity contribution in [2.45, 2.75) is 83.2 Å². The molecule has 0 heterocycles. The highest BCUT2D eigenvalue weighted by atomic mass is 19.3. The molecule has 0 N–H and O–H groups in total. The van der Waals surface area contributed by atoms with E-state index in [1.807, 2.05) is 6.08 Å². The van der Waals surface area contributed by atoms with E-state index in [9.17, 15) is 13.2 Å². The van der Waals surface area contributed by atoms with Crippen molar-refractivity contribution in [2.75, 3.05) is 13.3 Å². The summed E-state index contributed by atoms with van der Waals surface area (Å²) in [7, 11) is 0. The molecule has 21 heavy (non-hydrogen) atoms. The lowest BCUT2D eigenvalue weighted by molar-refractivity contribution is -0.246. The molecular formula is C17H31F3O. The first-order chi connectivity index (χ1) is 10.1. The first kappa shape index (κ1) is 20.5. The van der Waals surface area contributed by atoms with Gasteiger partial charge in [0.25, 0.3) is 0 Å². The van der Waals surface area contributed by atoms with E-state index in [1.54, 1.807) is 0 Å². The van der Waals surface area contributed by atoms with Gasteiger partial charge in [0.1, 0.15) is 0 Å². The number of halogens is 3. The number of unbranched alkanes of at least 4 members (excludes halogenated alkanes) is 11. The highest BCUT2D eigenvalue weighted by Crippen LogP contribution is 2.17. The fourth-order valence-electron chi connectivity index (χ4n) is 2.24. The minimum atomic E-state index is -3.59. The Kier molecular flexibility index (Phi) is 14.1. The fraction of sp³-hybridized carbons (Fsp3) is 0.882. The molecule has 0 saturated carbocycles. The van der Waals surface area contributed by atoms with Gasteiger partial charge < -0.3 is 4.74 Å². The van der Waals surface area contributed by atoms with E-state index in [-0.39, 0.29) is 6.61 Å². The molecule has 0 aromatic heterocycles. The molecule has 0 radical (unpaired) electrons. The third-order valence-electron chi connectivity index (χ3n) is 3.52. The highest BCUT2D eigenvalue weighted by Gasteiger charge is 2.29. The number of hydrogen-bond acceptors (Lipinski definition) is 1. The second kappa shape index (κ2) is 14.4. The van der Waals surface area contributed by atoms with Gasteiger partial charge in [-0.15, -0.1) is 6.58 Å². The zero-order valence-electron chi connectivity index (χ0n) is 13.2. The summed E-state index contributed by atoms with van der Waals surface area (Å²) >= 11 is 0. The van der Waals surface area contributed by atoms with Gasteiger partial charge in [-0.05, 0) is 19.3 Å². The zero-order chi connectivity index (χ0) is 15.8. The molecule has 0 aromatic carbocycles. The van der Waals surface area contributed by atoms with Crippen molar-refractivity contribution in [3.05, 3.63) is 12.7 Å². The first-order valence-corrected chi connectivity index (χ1v) is 8.31. The summed E-state index contributed by atoms with van der Waals surface area (Å²) in [6, 6.07) is 0. The lowest BCUT2D eigenvalue weighted by Crippen LogP contribution is -2.23. The van der Waals surface area contributed by atoms with Crippen LogP contribution in [0.4, 0.5) is 13.2 Å². The minimum absolute atomic E-state index is 0.0539. The Morgan fingerprint density at radius 2 is 1.19 bits per heavy atom. The molecule has 126 valence electrons. The van der Waals surface area contributed by atoms with Crippen LogP contribution in [0.5, 0.6) is 0 Å². The Balaban J connectivity index is 3.07. The molecule has 0 rings (SSSR count). The Labute approximate surface area is 127 Å². The quantitative estimate of drug-likeness (QED) is 0.236. The van der Waals surface area contributed by atoms with Crippen LogP contribution >= 0.6 is 0 Å². The first-order valence-electron chi connectivity index (χ1n) is 8.31. The van der Waals surface area contributed by atoms with Crippen molar-refractivity contribution in [3.8, 4) is 0 Å². The van der Waals surface area contributed by atoms with Gasteiger partial charge in [-0.25, -0.2) is 4.39 Å². The summed E-state index contributed by atoms with van der Waals surface area (Å²) in [5.74, 6) is 0. The van der Waals surface area contributed by atoms with Crippen molar-refractivity contribution in [3.63, 3.8) is 0 Å². The normalized spacial score (nSPS) is 11.8. The van der Waals surface area contributed by atoms with Crippen LogP contribution in [-0.2, 0) is 4.74 Å². The molecule has 0 spiro atoms. The maximum Gasteiger partial charge on any atom is 0.384 e. The summed E-state index contributed by atoms with van der Waals surface area (Å²) in [5.41, 5.74) is 0. The molecule has 0 aliphatic carbocycles. The standard InChI is InChI=1S/C17H31F3O/c1-2-3-4-5-6-7-8-9-10-11-12-13-14-15-21-17(19,20)16-18/h2H,1,3-16H2. The van der Waals surface area contributed by atoms with Crippen LogP contribution in [0.3, 0.4) is 0 Å². The van der Waals surface area contributed by atoms with Crippen molar-refractivity contribution in [1.29, 1.82) is 0 Å². The molecular weight excluding hydrogens is 277 g/mol. The maximum atomic E-state index is 12.4. The third-order valence-corrected chi connectivity index (χ3v) is 3.52. The number of alkyl halides is 3. The van der Waals surface area contributed by atoms with E-state index < -0.39 is 12.8 Å². The van der Waals surface area contributed by atoms with E-state index in [4.69, 9.17) is 0 Å². The van der Waals surface area contributed by atoms with E-state index in [0.717, 1.165) is 25.7 Å². The van der Waals surface area contributed by atoms with Crippen molar-refractivity contribution in [2.24, 2.45) is 0 Å². The van der Waals surface area contributed by atoms with E-state index in [1.165, 1.54) is 44.9 Å². The third kappa shape index (κ3) is 15.7. The lowest BCUT2D eigenvalue weighted by atomic mass is 10.1. The van der Waals surface area contributed by atoms with Gasteiger partial charge in [-0.2, -0.15) is 8.78 Å². The predicted molar refractivity (Wildman–Crippen MR) is 82.5 cm³/mol. The summed E-state index contributed by atoms with van der Waals surface area (Å²) in [6.45, 7) is 1.92. The second-order valence-electron chi connectivity index (χ2n) is 5.59. The summed E-state index contributed by atoms with van der Waals surface area (Å²) in [6.07, 6.45) is 12.1. The van der Waals surface area contributed by atoms with Gasteiger partial charge >= 0.3 is 6.11 Å². The molecule has 1 nitrogen and oxygen atoms in total. The van der Waals surface area contributed by atoms with Crippen LogP contribution in [0.1, 0.15) is 77.0 Å². The van der Waals surface area contributed by atoms with Crippen molar-refractivity contribution < 1.29 is 17.9 Å². The van der Waals surface area contributed by atoms with Crippen molar-refractivity contribution in [1.82, 2.24) is 0 Å². The lowest BCUT2D eigenvalue weighted by Gasteiger charge is -2.12. The van der Waals surface area contributed by atoms with Crippen LogP contribution in [0, 0.1) is 0 Å². The largest absolute Gasteiger partial charge is 0.384 e. The van der Waals surface area contributed by atoms with Gasteiger partial charge in [0, 0.05) is 0 Å². The summed E-state index contributed by atoms with van der Waals surface area (Å²) in [4.78, 5) is 0. The molecule has 0 fully saturated rings. The summed E-state index contributed by atoms with van der Waals surface area (Å²) in [5, 5.41) is 0. The van der Waals surface area contributed by atoms with Crippen LogP contribution in [0.15, 0.2) is 12.7 Å². The average molecular weight is 308 g/mol. The molecule has 0 aliphatic heterocycles. The second-order valence-corrected chi connectivity index (χ2v) is 5.59. The van der Waals surface area contributed by atoms with Gasteiger partial charge in [-0.3, -0.25) is 0 Å². The number of hydrogen-bond donors (Lipinski definition) is 0. The predicted octanol–water partition coefficient (Wildman–Crippen LogP) is 6.43. The smallest absolute Gasteiger partial charge is 0.318 e. The van der Waals surface area contributed by atoms with Gasteiger partial charge in [0.15, 0.2) is 6.67 Å². The molecule has 0 bridgehead atoms. The molecule has 0 amide bonds. The molecule has 0 atom stereocenters. The molecule has 0 saturated heterocycles. The molecule has 0 aliphatic rings. The zero-order valence-corrected chi connectivity index (χ0v) is 13.2.